The van der Waals surface area contributed by atoms with Crippen LogP contribution >= 0.6 is 0 Å². The number of esters is 1. The lowest BCUT2D eigenvalue weighted by Crippen LogP contribution is -2.45. The van der Waals surface area contributed by atoms with E-state index in [0.717, 1.165) is 55.9 Å². The van der Waals surface area contributed by atoms with E-state index < -0.39 is 0 Å². The Kier molecular flexibility index (Phi) is 8.95. The number of hydrogen-bond donors (Lipinski definition) is 2. The Morgan fingerprint density at radius 3 is 2.63 bits per heavy atom. The molecule has 1 aromatic rings. The van der Waals surface area contributed by atoms with Crippen LogP contribution in [0.1, 0.15) is 44.6 Å². The SMILES string of the molecule is CCOC(=O)C1CCC(NC(=NC)NCCCOc2ccccc2C)CC1. The van der Waals surface area contributed by atoms with Crippen molar-refractivity contribution in [3.8, 4) is 5.75 Å². The maximum Gasteiger partial charge on any atom is 0.308 e. The summed E-state index contributed by atoms with van der Waals surface area (Å²) >= 11 is 0. The van der Waals surface area contributed by atoms with Gasteiger partial charge in [-0.15, -0.1) is 0 Å². The third-order valence-electron chi connectivity index (χ3n) is 4.88. The van der Waals surface area contributed by atoms with E-state index in [1.807, 2.05) is 25.1 Å². The number of rotatable bonds is 8. The molecular formula is C21H33N3O3. The van der Waals surface area contributed by atoms with E-state index in [1.165, 1.54) is 0 Å². The molecule has 0 aliphatic heterocycles. The van der Waals surface area contributed by atoms with Crippen LogP contribution in [0.25, 0.3) is 0 Å². The smallest absolute Gasteiger partial charge is 0.308 e. The molecule has 6 nitrogen and oxygen atoms in total. The number of aliphatic imine (C=N–C) groups is 1. The van der Waals surface area contributed by atoms with Crippen LogP contribution in [-0.4, -0.2) is 44.8 Å². The molecule has 0 saturated heterocycles. The number of aryl methyl sites for hydroxylation is 1. The highest BCUT2D eigenvalue weighted by Gasteiger charge is 2.27. The maximum absolute atomic E-state index is 11.8. The topological polar surface area (TPSA) is 72.0 Å². The van der Waals surface area contributed by atoms with E-state index in [4.69, 9.17) is 9.47 Å². The molecule has 1 aliphatic rings. The lowest BCUT2D eigenvalue weighted by Gasteiger charge is -2.29. The highest BCUT2D eigenvalue weighted by atomic mass is 16.5. The van der Waals surface area contributed by atoms with Crippen molar-refractivity contribution < 1.29 is 14.3 Å². The molecule has 6 heteroatoms. The fraction of sp³-hybridized carbons (Fsp3) is 0.619. The molecule has 0 spiro atoms. The fourth-order valence-electron chi connectivity index (χ4n) is 3.30. The second-order valence-corrected chi connectivity index (χ2v) is 6.91. The third kappa shape index (κ3) is 7.12. The van der Waals surface area contributed by atoms with Crippen molar-refractivity contribution in [2.75, 3.05) is 26.8 Å². The van der Waals surface area contributed by atoms with E-state index >= 15 is 0 Å². The Morgan fingerprint density at radius 2 is 1.96 bits per heavy atom. The first-order chi connectivity index (χ1) is 13.1. The van der Waals surface area contributed by atoms with Crippen molar-refractivity contribution >= 4 is 11.9 Å². The van der Waals surface area contributed by atoms with Gasteiger partial charge in [0, 0.05) is 19.6 Å². The minimum absolute atomic E-state index is 0.0490. The van der Waals surface area contributed by atoms with Gasteiger partial charge in [-0.3, -0.25) is 9.79 Å². The van der Waals surface area contributed by atoms with Gasteiger partial charge in [0.15, 0.2) is 5.96 Å². The second kappa shape index (κ2) is 11.5. The first-order valence-electron chi connectivity index (χ1n) is 9.96. The Balaban J connectivity index is 1.62. The minimum atomic E-state index is -0.0490. The van der Waals surface area contributed by atoms with Gasteiger partial charge in [-0.05, 0) is 57.6 Å². The molecule has 0 aromatic heterocycles. The number of para-hydroxylation sites is 1. The van der Waals surface area contributed by atoms with Crippen molar-refractivity contribution in [1.82, 2.24) is 10.6 Å². The molecular weight excluding hydrogens is 342 g/mol. The van der Waals surface area contributed by atoms with Crippen LogP contribution in [-0.2, 0) is 9.53 Å². The van der Waals surface area contributed by atoms with Gasteiger partial charge < -0.3 is 20.1 Å². The Labute approximate surface area is 162 Å². The number of carbonyl (C=O) groups is 1. The molecule has 1 fully saturated rings. The molecule has 27 heavy (non-hydrogen) atoms. The summed E-state index contributed by atoms with van der Waals surface area (Å²) in [6.07, 6.45) is 4.56. The van der Waals surface area contributed by atoms with E-state index in [9.17, 15) is 4.79 Å². The van der Waals surface area contributed by atoms with Gasteiger partial charge in [0.25, 0.3) is 0 Å². The summed E-state index contributed by atoms with van der Waals surface area (Å²) in [7, 11) is 1.78. The Hall–Kier alpha value is -2.24. The van der Waals surface area contributed by atoms with Gasteiger partial charge in [-0.2, -0.15) is 0 Å². The summed E-state index contributed by atoms with van der Waals surface area (Å²) in [6.45, 7) is 5.83. The summed E-state index contributed by atoms with van der Waals surface area (Å²) in [5.74, 6) is 1.76. The average molecular weight is 376 g/mol. The quantitative estimate of drug-likeness (QED) is 0.316. The van der Waals surface area contributed by atoms with Crippen LogP contribution in [0.2, 0.25) is 0 Å². The van der Waals surface area contributed by atoms with Gasteiger partial charge in [-0.1, -0.05) is 18.2 Å². The normalized spacial score (nSPS) is 20.0. The average Bonchev–Trinajstić information content (AvgIpc) is 2.68. The predicted octanol–water partition coefficient (Wildman–Crippen LogP) is 3.05. The first-order valence-corrected chi connectivity index (χ1v) is 9.96. The van der Waals surface area contributed by atoms with Crippen LogP contribution in [0.4, 0.5) is 0 Å². The lowest BCUT2D eigenvalue weighted by molar-refractivity contribution is -0.149. The molecule has 0 radical (unpaired) electrons. The molecule has 150 valence electrons. The van der Waals surface area contributed by atoms with Crippen molar-refractivity contribution in [2.45, 2.75) is 52.0 Å². The Morgan fingerprint density at radius 1 is 1.22 bits per heavy atom. The summed E-state index contributed by atoms with van der Waals surface area (Å²) in [5, 5.41) is 6.80. The third-order valence-corrected chi connectivity index (χ3v) is 4.88. The van der Waals surface area contributed by atoms with E-state index in [2.05, 4.69) is 28.6 Å². The van der Waals surface area contributed by atoms with Crippen molar-refractivity contribution in [3.63, 3.8) is 0 Å². The molecule has 2 rings (SSSR count). The number of ether oxygens (including phenoxy) is 2. The Bertz CT molecular complexity index is 610. The molecule has 1 saturated carbocycles. The molecule has 0 amide bonds. The molecule has 0 unspecified atom stereocenters. The van der Waals surface area contributed by atoms with Crippen LogP contribution in [0.3, 0.4) is 0 Å². The minimum Gasteiger partial charge on any atom is -0.493 e. The van der Waals surface area contributed by atoms with Crippen molar-refractivity contribution in [3.05, 3.63) is 29.8 Å². The van der Waals surface area contributed by atoms with Gasteiger partial charge in [-0.25, -0.2) is 0 Å². The van der Waals surface area contributed by atoms with Crippen molar-refractivity contribution in [2.24, 2.45) is 10.9 Å². The molecule has 2 N–H and O–H groups in total. The molecule has 1 aromatic carbocycles. The fourth-order valence-corrected chi connectivity index (χ4v) is 3.30. The summed E-state index contributed by atoms with van der Waals surface area (Å²) in [6, 6.07) is 8.40. The van der Waals surface area contributed by atoms with Crippen LogP contribution in [0.15, 0.2) is 29.3 Å². The van der Waals surface area contributed by atoms with Gasteiger partial charge in [0.1, 0.15) is 5.75 Å². The summed E-state index contributed by atoms with van der Waals surface area (Å²) < 4.78 is 10.9. The van der Waals surface area contributed by atoms with Crippen molar-refractivity contribution in [1.29, 1.82) is 0 Å². The van der Waals surface area contributed by atoms with Gasteiger partial charge in [0.2, 0.25) is 0 Å². The number of hydrogen-bond acceptors (Lipinski definition) is 4. The number of carbonyl (C=O) groups excluding carboxylic acids is 1. The highest BCUT2D eigenvalue weighted by molar-refractivity contribution is 5.80. The molecule has 0 bridgehead atoms. The highest BCUT2D eigenvalue weighted by Crippen LogP contribution is 2.25. The zero-order chi connectivity index (χ0) is 19.5. The monoisotopic (exact) mass is 375 g/mol. The summed E-state index contributed by atoms with van der Waals surface area (Å²) in [5.41, 5.74) is 1.15. The number of benzene rings is 1. The number of guanidine groups is 1. The number of nitrogens with one attached hydrogen (secondary N) is 2. The van der Waals surface area contributed by atoms with E-state index in [1.54, 1.807) is 7.05 Å². The lowest BCUT2D eigenvalue weighted by atomic mass is 9.86. The zero-order valence-corrected chi connectivity index (χ0v) is 16.8. The van der Waals surface area contributed by atoms with Crippen LogP contribution in [0, 0.1) is 12.8 Å². The van der Waals surface area contributed by atoms with Crippen LogP contribution in [0.5, 0.6) is 5.75 Å². The zero-order valence-electron chi connectivity index (χ0n) is 16.8. The maximum atomic E-state index is 11.8. The van der Waals surface area contributed by atoms with Crippen LogP contribution < -0.4 is 15.4 Å². The molecule has 1 aliphatic carbocycles. The second-order valence-electron chi connectivity index (χ2n) is 6.91. The molecule has 0 heterocycles. The van der Waals surface area contributed by atoms with E-state index in [-0.39, 0.29) is 11.9 Å². The van der Waals surface area contributed by atoms with Gasteiger partial charge in [0.05, 0.1) is 19.1 Å². The standard InChI is InChI=1S/C21H33N3O3/c1-4-26-20(25)17-10-12-18(13-11-17)24-21(22-3)23-14-7-15-27-19-9-6-5-8-16(19)2/h5-6,8-9,17-18H,4,7,10-15H2,1-3H3,(H2,22,23,24). The summed E-state index contributed by atoms with van der Waals surface area (Å²) in [4.78, 5) is 16.1. The first kappa shape index (κ1) is 21.1. The molecule has 0 atom stereocenters. The predicted molar refractivity (Wildman–Crippen MR) is 108 cm³/mol. The van der Waals surface area contributed by atoms with E-state index in [0.29, 0.717) is 19.3 Å². The largest absolute Gasteiger partial charge is 0.493 e. The number of nitrogens with zero attached hydrogens (tertiary/aromatic N) is 1. The van der Waals surface area contributed by atoms with Gasteiger partial charge >= 0.3 is 5.97 Å².